The van der Waals surface area contributed by atoms with Crippen molar-refractivity contribution in [3.63, 3.8) is 0 Å². The van der Waals surface area contributed by atoms with Crippen LogP contribution in [0.4, 0.5) is 4.39 Å². The molecule has 0 fully saturated rings. The molecule has 1 N–H and O–H groups in total. The summed E-state index contributed by atoms with van der Waals surface area (Å²) in [5.74, 6) is 0.116. The Morgan fingerprint density at radius 2 is 1.95 bits per heavy atom. The molecule has 2 aromatic rings. The molecule has 2 aromatic carbocycles. The molecule has 0 saturated heterocycles. The zero-order valence-corrected chi connectivity index (χ0v) is 12.3. The number of benzene rings is 2. The molecule has 0 aromatic heterocycles. The van der Waals surface area contributed by atoms with Crippen LogP contribution < -0.4 is 14.8 Å². The molecule has 22 heavy (non-hydrogen) atoms. The normalized spacial score (nSPS) is 12.8. The van der Waals surface area contributed by atoms with Crippen LogP contribution in [0.1, 0.15) is 15.9 Å². The van der Waals surface area contributed by atoms with Crippen molar-refractivity contribution in [2.45, 2.75) is 6.54 Å². The Labute approximate surface area is 131 Å². The fourth-order valence-electron chi connectivity index (χ4n) is 2.18. The number of carbonyl (C=O) groups excluding carboxylic acids is 1. The van der Waals surface area contributed by atoms with Gasteiger partial charge >= 0.3 is 0 Å². The summed E-state index contributed by atoms with van der Waals surface area (Å²) in [7, 11) is 0. The smallest absolute Gasteiger partial charge is 0.256 e. The van der Waals surface area contributed by atoms with Gasteiger partial charge < -0.3 is 14.8 Å². The quantitative estimate of drug-likeness (QED) is 0.944. The average molecular weight is 322 g/mol. The van der Waals surface area contributed by atoms with Gasteiger partial charge in [-0.2, -0.15) is 0 Å². The molecular formula is C16H13ClFNO3. The number of hydrogen-bond acceptors (Lipinski definition) is 3. The standard InChI is InChI=1S/C16H13ClFNO3/c17-11-2-1-3-12(18)15(11)16(20)19-9-10-4-5-13-14(8-10)22-7-6-21-13/h1-5,8H,6-7,9H2,(H,19,20). The molecule has 6 heteroatoms. The van der Waals surface area contributed by atoms with E-state index in [0.717, 1.165) is 5.56 Å². The van der Waals surface area contributed by atoms with Gasteiger partial charge in [-0.1, -0.05) is 23.7 Å². The van der Waals surface area contributed by atoms with Crippen molar-refractivity contribution in [3.05, 3.63) is 58.4 Å². The lowest BCUT2D eigenvalue weighted by Crippen LogP contribution is -2.24. The van der Waals surface area contributed by atoms with Crippen molar-refractivity contribution in [1.82, 2.24) is 5.32 Å². The summed E-state index contributed by atoms with van der Waals surface area (Å²) in [4.78, 5) is 12.1. The second-order valence-corrected chi connectivity index (χ2v) is 5.16. The summed E-state index contributed by atoms with van der Waals surface area (Å²) in [6, 6.07) is 9.52. The van der Waals surface area contributed by atoms with E-state index in [0.29, 0.717) is 24.7 Å². The van der Waals surface area contributed by atoms with Gasteiger partial charge in [0.15, 0.2) is 11.5 Å². The van der Waals surface area contributed by atoms with E-state index in [1.807, 2.05) is 6.07 Å². The average Bonchev–Trinajstić information content (AvgIpc) is 2.52. The van der Waals surface area contributed by atoms with Gasteiger partial charge in [-0.15, -0.1) is 0 Å². The number of rotatable bonds is 3. The highest BCUT2D eigenvalue weighted by Crippen LogP contribution is 2.30. The molecular weight excluding hydrogens is 309 g/mol. The van der Waals surface area contributed by atoms with Crippen LogP contribution in [0.5, 0.6) is 11.5 Å². The van der Waals surface area contributed by atoms with Gasteiger partial charge in [-0.25, -0.2) is 4.39 Å². The molecule has 3 rings (SSSR count). The summed E-state index contributed by atoms with van der Waals surface area (Å²) >= 11 is 5.86. The lowest BCUT2D eigenvalue weighted by Gasteiger charge is -2.19. The summed E-state index contributed by atoms with van der Waals surface area (Å²) in [5, 5.41) is 2.73. The van der Waals surface area contributed by atoms with Crippen LogP contribution in [-0.2, 0) is 6.54 Å². The zero-order chi connectivity index (χ0) is 15.5. The first kappa shape index (κ1) is 14.7. The van der Waals surface area contributed by atoms with Crippen molar-refractivity contribution in [2.24, 2.45) is 0 Å². The fourth-order valence-corrected chi connectivity index (χ4v) is 2.43. The van der Waals surface area contributed by atoms with Gasteiger partial charge in [0.1, 0.15) is 19.0 Å². The molecule has 114 valence electrons. The van der Waals surface area contributed by atoms with Crippen LogP contribution in [0.2, 0.25) is 5.02 Å². The lowest BCUT2D eigenvalue weighted by molar-refractivity contribution is 0.0947. The van der Waals surface area contributed by atoms with E-state index in [4.69, 9.17) is 21.1 Å². The molecule has 1 aliphatic heterocycles. The van der Waals surface area contributed by atoms with Crippen molar-refractivity contribution in [1.29, 1.82) is 0 Å². The molecule has 0 bridgehead atoms. The maximum Gasteiger partial charge on any atom is 0.256 e. The van der Waals surface area contributed by atoms with Gasteiger partial charge in [-0.3, -0.25) is 4.79 Å². The number of carbonyl (C=O) groups is 1. The van der Waals surface area contributed by atoms with E-state index >= 15 is 0 Å². The van der Waals surface area contributed by atoms with E-state index < -0.39 is 11.7 Å². The number of ether oxygens (including phenoxy) is 2. The predicted octanol–water partition coefficient (Wildman–Crippen LogP) is 3.18. The van der Waals surface area contributed by atoms with Gasteiger partial charge in [0.05, 0.1) is 10.6 Å². The molecule has 0 spiro atoms. The van der Waals surface area contributed by atoms with Crippen LogP contribution in [0.25, 0.3) is 0 Å². The number of halogens is 2. The molecule has 0 atom stereocenters. The first-order chi connectivity index (χ1) is 10.6. The van der Waals surface area contributed by atoms with Crippen LogP contribution in [-0.4, -0.2) is 19.1 Å². The van der Waals surface area contributed by atoms with E-state index in [-0.39, 0.29) is 17.1 Å². The maximum atomic E-state index is 13.7. The second kappa shape index (κ2) is 6.23. The minimum Gasteiger partial charge on any atom is -0.486 e. The maximum absolute atomic E-state index is 13.7. The highest BCUT2D eigenvalue weighted by atomic mass is 35.5. The van der Waals surface area contributed by atoms with Crippen molar-refractivity contribution in [3.8, 4) is 11.5 Å². The lowest BCUT2D eigenvalue weighted by atomic mass is 10.1. The van der Waals surface area contributed by atoms with E-state index in [9.17, 15) is 9.18 Å². The Bertz CT molecular complexity index is 700. The third kappa shape index (κ3) is 2.99. The Morgan fingerprint density at radius 1 is 1.18 bits per heavy atom. The van der Waals surface area contributed by atoms with Gasteiger partial charge in [-0.05, 0) is 29.8 Å². The molecule has 1 heterocycles. The number of nitrogens with one attached hydrogen (secondary N) is 1. The predicted molar refractivity (Wildman–Crippen MR) is 80.0 cm³/mol. The van der Waals surface area contributed by atoms with Crippen LogP contribution in [0.15, 0.2) is 36.4 Å². The third-order valence-corrected chi connectivity index (χ3v) is 3.56. The zero-order valence-electron chi connectivity index (χ0n) is 11.6. The van der Waals surface area contributed by atoms with Gasteiger partial charge in [0.2, 0.25) is 0 Å². The van der Waals surface area contributed by atoms with Crippen molar-refractivity contribution < 1.29 is 18.7 Å². The second-order valence-electron chi connectivity index (χ2n) is 4.76. The Hall–Kier alpha value is -2.27. The largest absolute Gasteiger partial charge is 0.486 e. The minimum absolute atomic E-state index is 0.0830. The molecule has 0 unspecified atom stereocenters. The van der Waals surface area contributed by atoms with E-state index in [1.165, 1.54) is 18.2 Å². The Balaban J connectivity index is 1.71. The molecule has 4 nitrogen and oxygen atoms in total. The third-order valence-electron chi connectivity index (χ3n) is 3.25. The summed E-state index contributed by atoms with van der Waals surface area (Å²) in [6.45, 7) is 1.25. The fraction of sp³-hybridized carbons (Fsp3) is 0.188. The van der Waals surface area contributed by atoms with Crippen LogP contribution in [0.3, 0.4) is 0 Å². The molecule has 0 aliphatic carbocycles. The van der Waals surface area contributed by atoms with Crippen LogP contribution >= 0.6 is 11.6 Å². The summed E-state index contributed by atoms with van der Waals surface area (Å²) in [6.07, 6.45) is 0. The first-order valence-electron chi connectivity index (χ1n) is 6.76. The van der Waals surface area contributed by atoms with E-state index in [2.05, 4.69) is 5.32 Å². The van der Waals surface area contributed by atoms with E-state index in [1.54, 1.807) is 12.1 Å². The molecule has 1 amide bonds. The summed E-state index contributed by atoms with van der Waals surface area (Å²) < 4.78 is 24.6. The monoisotopic (exact) mass is 321 g/mol. The Kier molecular flexibility index (Phi) is 4.15. The molecule has 0 radical (unpaired) electrons. The topological polar surface area (TPSA) is 47.6 Å². The number of hydrogen-bond donors (Lipinski definition) is 1. The first-order valence-corrected chi connectivity index (χ1v) is 7.13. The highest BCUT2D eigenvalue weighted by molar-refractivity contribution is 6.33. The van der Waals surface area contributed by atoms with Crippen LogP contribution in [0, 0.1) is 5.82 Å². The number of amides is 1. The minimum atomic E-state index is -0.646. The SMILES string of the molecule is O=C(NCc1ccc2c(c1)OCCO2)c1c(F)cccc1Cl. The van der Waals surface area contributed by atoms with Gasteiger partial charge in [0.25, 0.3) is 5.91 Å². The van der Waals surface area contributed by atoms with Crippen molar-refractivity contribution in [2.75, 3.05) is 13.2 Å². The molecule has 0 saturated carbocycles. The van der Waals surface area contributed by atoms with Gasteiger partial charge in [0, 0.05) is 6.54 Å². The molecule has 1 aliphatic rings. The summed E-state index contributed by atoms with van der Waals surface area (Å²) in [5.41, 5.74) is 0.673. The Morgan fingerprint density at radius 3 is 2.73 bits per heavy atom. The number of fused-ring (bicyclic) bond motifs is 1. The highest BCUT2D eigenvalue weighted by Gasteiger charge is 2.16. The van der Waals surface area contributed by atoms with Crippen molar-refractivity contribution >= 4 is 17.5 Å².